The summed E-state index contributed by atoms with van der Waals surface area (Å²) in [6.07, 6.45) is 1.46. The van der Waals surface area contributed by atoms with Gasteiger partial charge in [-0.3, -0.25) is 4.79 Å². The van der Waals surface area contributed by atoms with Gasteiger partial charge in [-0.2, -0.15) is 0 Å². The van der Waals surface area contributed by atoms with E-state index in [9.17, 15) is 4.79 Å². The van der Waals surface area contributed by atoms with E-state index >= 15 is 0 Å². The van der Waals surface area contributed by atoms with Crippen molar-refractivity contribution in [2.45, 2.75) is 25.7 Å². The zero-order chi connectivity index (χ0) is 15.3. The smallest absolute Gasteiger partial charge is 0.230 e. The molecule has 116 valence electrons. The van der Waals surface area contributed by atoms with Gasteiger partial charge in [0.1, 0.15) is 0 Å². The molecule has 0 saturated carbocycles. The summed E-state index contributed by atoms with van der Waals surface area (Å²) >= 11 is 0. The molecule has 0 spiro atoms. The molecule has 0 radical (unpaired) electrons. The van der Waals surface area contributed by atoms with Crippen LogP contribution >= 0.6 is 0 Å². The van der Waals surface area contributed by atoms with Crippen molar-refractivity contribution in [3.05, 3.63) is 35.9 Å². The highest BCUT2D eigenvalue weighted by atomic mass is 16.5. The summed E-state index contributed by atoms with van der Waals surface area (Å²) < 4.78 is 5.38. The first-order valence-electron chi connectivity index (χ1n) is 7.67. The molecule has 1 amide bonds. The number of amides is 1. The van der Waals surface area contributed by atoms with Gasteiger partial charge in [0.15, 0.2) is 0 Å². The maximum absolute atomic E-state index is 12.8. The van der Waals surface area contributed by atoms with Crippen LogP contribution in [0.4, 0.5) is 0 Å². The van der Waals surface area contributed by atoms with Crippen LogP contribution in [0.2, 0.25) is 0 Å². The van der Waals surface area contributed by atoms with Crippen molar-refractivity contribution in [2.24, 2.45) is 11.1 Å². The Morgan fingerprint density at radius 2 is 1.95 bits per heavy atom. The molecule has 1 aromatic rings. The third-order valence-electron chi connectivity index (χ3n) is 4.56. The normalized spacial score (nSPS) is 19.0. The molecule has 2 rings (SSSR count). The average molecular weight is 290 g/mol. The number of carbonyl (C=O) groups is 1. The van der Waals surface area contributed by atoms with Crippen LogP contribution < -0.4 is 5.73 Å². The molecule has 1 aromatic carbocycles. The summed E-state index contributed by atoms with van der Waals surface area (Å²) in [4.78, 5) is 14.7. The maximum atomic E-state index is 12.8. The molecular formula is C17H26N2O2. The van der Waals surface area contributed by atoms with Gasteiger partial charge in [-0.1, -0.05) is 37.3 Å². The molecule has 1 aliphatic heterocycles. The Hall–Kier alpha value is -1.39. The van der Waals surface area contributed by atoms with Crippen molar-refractivity contribution < 1.29 is 9.53 Å². The van der Waals surface area contributed by atoms with E-state index in [2.05, 4.69) is 19.1 Å². The lowest BCUT2D eigenvalue weighted by atomic mass is 9.78. The number of benzene rings is 1. The van der Waals surface area contributed by atoms with Crippen molar-refractivity contribution in [3.63, 3.8) is 0 Å². The fourth-order valence-electron chi connectivity index (χ4n) is 3.05. The summed E-state index contributed by atoms with van der Waals surface area (Å²) in [5.41, 5.74) is 6.74. The Labute approximate surface area is 127 Å². The van der Waals surface area contributed by atoms with E-state index in [0.717, 1.165) is 12.8 Å². The lowest BCUT2D eigenvalue weighted by Gasteiger charge is -2.38. The monoisotopic (exact) mass is 290 g/mol. The van der Waals surface area contributed by atoms with Gasteiger partial charge in [-0.25, -0.2) is 0 Å². The van der Waals surface area contributed by atoms with Gasteiger partial charge in [-0.15, -0.1) is 0 Å². The lowest BCUT2D eigenvalue weighted by molar-refractivity contribution is -0.146. The minimum absolute atomic E-state index is 0.163. The molecule has 1 unspecified atom stereocenters. The first-order valence-corrected chi connectivity index (χ1v) is 7.67. The quantitative estimate of drug-likeness (QED) is 0.902. The molecule has 2 N–H and O–H groups in total. The second-order valence-corrected chi connectivity index (χ2v) is 6.09. The third-order valence-corrected chi connectivity index (χ3v) is 4.56. The molecule has 1 heterocycles. The zero-order valence-corrected chi connectivity index (χ0v) is 13.0. The largest absolute Gasteiger partial charge is 0.381 e. The van der Waals surface area contributed by atoms with Crippen LogP contribution in [-0.4, -0.2) is 44.2 Å². The fraction of sp³-hybridized carbons (Fsp3) is 0.588. The van der Waals surface area contributed by atoms with Crippen LogP contribution in [0.15, 0.2) is 30.3 Å². The summed E-state index contributed by atoms with van der Waals surface area (Å²) in [7, 11) is 1.88. The van der Waals surface area contributed by atoms with Gasteiger partial charge in [0.2, 0.25) is 5.91 Å². The van der Waals surface area contributed by atoms with Gasteiger partial charge in [0.25, 0.3) is 0 Å². The molecule has 0 aliphatic carbocycles. The summed E-state index contributed by atoms with van der Waals surface area (Å²) in [5, 5.41) is 0. The van der Waals surface area contributed by atoms with Gasteiger partial charge in [0.05, 0.1) is 5.41 Å². The fourth-order valence-corrected chi connectivity index (χ4v) is 3.05. The van der Waals surface area contributed by atoms with E-state index in [0.29, 0.717) is 32.2 Å². The van der Waals surface area contributed by atoms with E-state index in [1.54, 1.807) is 0 Å². The predicted molar refractivity (Wildman–Crippen MR) is 84.0 cm³/mol. The van der Waals surface area contributed by atoms with E-state index < -0.39 is 5.41 Å². The minimum atomic E-state index is -0.427. The molecule has 1 fully saturated rings. The Morgan fingerprint density at radius 3 is 2.52 bits per heavy atom. The minimum Gasteiger partial charge on any atom is -0.381 e. The molecule has 1 atom stereocenters. The first-order chi connectivity index (χ1) is 10.1. The third kappa shape index (κ3) is 3.63. The van der Waals surface area contributed by atoms with Crippen molar-refractivity contribution in [1.82, 2.24) is 4.90 Å². The van der Waals surface area contributed by atoms with Crippen molar-refractivity contribution in [1.29, 1.82) is 0 Å². The molecule has 1 aliphatic rings. The van der Waals surface area contributed by atoms with Gasteiger partial charge in [-0.05, 0) is 24.3 Å². The number of rotatable bonds is 5. The van der Waals surface area contributed by atoms with Gasteiger partial charge in [0, 0.05) is 33.4 Å². The maximum Gasteiger partial charge on any atom is 0.230 e. The topological polar surface area (TPSA) is 55.6 Å². The Balaban J connectivity index is 2.01. The molecule has 4 heteroatoms. The highest BCUT2D eigenvalue weighted by Crippen LogP contribution is 2.32. The van der Waals surface area contributed by atoms with Crippen LogP contribution in [0.5, 0.6) is 0 Å². The van der Waals surface area contributed by atoms with Crippen molar-refractivity contribution in [2.75, 3.05) is 33.4 Å². The standard InChI is InChI=1S/C17H26N2O2/c1-14(15-6-4-3-5-7-15)12-19(2)16(20)17(13-18)8-10-21-11-9-17/h3-7,14H,8-13,18H2,1-2H3. The van der Waals surface area contributed by atoms with Crippen LogP contribution in [0.25, 0.3) is 0 Å². The number of nitrogens with zero attached hydrogens (tertiary/aromatic N) is 1. The molecule has 0 bridgehead atoms. The van der Waals surface area contributed by atoms with Crippen LogP contribution in [-0.2, 0) is 9.53 Å². The number of nitrogens with two attached hydrogens (primary N) is 1. The summed E-state index contributed by atoms with van der Waals surface area (Å²) in [6.45, 7) is 4.53. The van der Waals surface area contributed by atoms with Crippen LogP contribution in [0.3, 0.4) is 0 Å². The van der Waals surface area contributed by atoms with E-state index in [-0.39, 0.29) is 5.91 Å². The number of likely N-dealkylation sites (N-methyl/N-ethyl adjacent to an activating group) is 1. The SMILES string of the molecule is CC(CN(C)C(=O)C1(CN)CCOCC1)c1ccccc1. The van der Waals surface area contributed by atoms with Gasteiger partial charge < -0.3 is 15.4 Å². The molecular weight excluding hydrogens is 264 g/mol. The number of hydrogen-bond donors (Lipinski definition) is 1. The van der Waals surface area contributed by atoms with Crippen LogP contribution in [0.1, 0.15) is 31.2 Å². The summed E-state index contributed by atoms with van der Waals surface area (Å²) in [5.74, 6) is 0.478. The van der Waals surface area contributed by atoms with Crippen molar-refractivity contribution in [3.8, 4) is 0 Å². The Bertz CT molecular complexity index is 455. The second kappa shape index (κ2) is 7.05. The number of carbonyl (C=O) groups excluding carboxylic acids is 1. The first kappa shape index (κ1) is 16.0. The molecule has 1 saturated heterocycles. The predicted octanol–water partition coefficient (Wildman–Crippen LogP) is 2.00. The Kier molecular flexibility index (Phi) is 5.37. The van der Waals surface area contributed by atoms with Crippen LogP contribution in [0, 0.1) is 5.41 Å². The zero-order valence-electron chi connectivity index (χ0n) is 13.0. The van der Waals surface area contributed by atoms with E-state index in [1.165, 1.54) is 5.56 Å². The molecule has 0 aromatic heterocycles. The molecule has 4 nitrogen and oxygen atoms in total. The van der Waals surface area contributed by atoms with E-state index in [1.807, 2.05) is 30.1 Å². The van der Waals surface area contributed by atoms with E-state index in [4.69, 9.17) is 10.5 Å². The number of ether oxygens (including phenoxy) is 1. The second-order valence-electron chi connectivity index (χ2n) is 6.09. The average Bonchev–Trinajstić information content (AvgIpc) is 2.55. The Morgan fingerprint density at radius 1 is 1.33 bits per heavy atom. The highest BCUT2D eigenvalue weighted by Gasteiger charge is 2.40. The van der Waals surface area contributed by atoms with Gasteiger partial charge >= 0.3 is 0 Å². The number of hydrogen-bond acceptors (Lipinski definition) is 3. The summed E-state index contributed by atoms with van der Waals surface area (Å²) in [6, 6.07) is 10.3. The van der Waals surface area contributed by atoms with Crippen molar-refractivity contribution >= 4 is 5.91 Å². The molecule has 21 heavy (non-hydrogen) atoms. The highest BCUT2D eigenvalue weighted by molar-refractivity contribution is 5.83. The lowest BCUT2D eigenvalue weighted by Crippen LogP contribution is -2.50.